The quantitative estimate of drug-likeness (QED) is 0.195. The molecular weight excluding hydrogens is 535 g/mol. The van der Waals surface area contributed by atoms with Gasteiger partial charge >= 0.3 is 0 Å². The van der Waals surface area contributed by atoms with E-state index in [1.54, 1.807) is 37.1 Å². The van der Waals surface area contributed by atoms with Crippen LogP contribution >= 0.6 is 11.6 Å². The van der Waals surface area contributed by atoms with Gasteiger partial charge in [-0.1, -0.05) is 11.6 Å². The molecule has 5 aromatic rings. The molecule has 0 atom stereocenters. The highest BCUT2D eigenvalue weighted by Gasteiger charge is 2.26. The first-order chi connectivity index (χ1) is 18.0. The molecule has 5 rings (SSSR count). The molecule has 9 nitrogen and oxygen atoms in total. The molecular formula is C23H16ClF5N8O. The SMILES string of the molecule is Cn1cnc(Cc2cn(Cc3c(F)c(F)c(F)c(F)c3F)c(Nc3cc4cn(C)nc4cc3Cl)nc2=O)n1. The van der Waals surface area contributed by atoms with Crippen molar-refractivity contribution in [1.29, 1.82) is 0 Å². The second kappa shape index (κ2) is 9.52. The van der Waals surface area contributed by atoms with Crippen molar-refractivity contribution < 1.29 is 22.0 Å². The van der Waals surface area contributed by atoms with Crippen LogP contribution in [0.25, 0.3) is 10.9 Å². The summed E-state index contributed by atoms with van der Waals surface area (Å²) in [5.41, 5.74) is -1.00. The lowest BCUT2D eigenvalue weighted by atomic mass is 10.1. The number of nitrogens with one attached hydrogen (secondary N) is 1. The zero-order valence-electron chi connectivity index (χ0n) is 19.6. The standard InChI is InChI=1S/C23H16ClF5N8O/c1-35-6-10-3-15(13(24)5-14(10)33-35)31-23-32-22(38)11(4-16-30-9-36(2)34-16)7-37(23)8-12-17(25)19(27)21(29)20(28)18(12)26/h3,5-7,9H,4,8H2,1-2H3,(H,31,32,38). The molecule has 0 saturated carbocycles. The summed E-state index contributed by atoms with van der Waals surface area (Å²) in [5, 5.41) is 12.0. The number of halogens is 6. The molecule has 15 heteroatoms. The van der Waals surface area contributed by atoms with E-state index in [0.29, 0.717) is 10.9 Å². The summed E-state index contributed by atoms with van der Waals surface area (Å²) in [7, 11) is 3.32. The van der Waals surface area contributed by atoms with Crippen molar-refractivity contribution in [1.82, 2.24) is 34.1 Å². The Bertz CT molecular complexity index is 1750. The van der Waals surface area contributed by atoms with Gasteiger partial charge in [0, 0.05) is 49.4 Å². The van der Waals surface area contributed by atoms with E-state index in [9.17, 15) is 26.7 Å². The van der Waals surface area contributed by atoms with E-state index in [1.807, 2.05) is 0 Å². The molecule has 0 radical (unpaired) electrons. The Labute approximate surface area is 215 Å². The van der Waals surface area contributed by atoms with Gasteiger partial charge in [-0.2, -0.15) is 15.2 Å². The van der Waals surface area contributed by atoms with Gasteiger partial charge in [0.2, 0.25) is 11.8 Å². The minimum atomic E-state index is -2.28. The molecule has 196 valence electrons. The third-order valence-corrected chi connectivity index (χ3v) is 5.96. The van der Waals surface area contributed by atoms with Crippen LogP contribution in [0.15, 0.2) is 35.6 Å². The van der Waals surface area contributed by atoms with Crippen molar-refractivity contribution in [3.8, 4) is 0 Å². The second-order valence-electron chi connectivity index (χ2n) is 8.40. The van der Waals surface area contributed by atoms with Crippen LogP contribution < -0.4 is 10.9 Å². The summed E-state index contributed by atoms with van der Waals surface area (Å²) in [6.45, 7) is -0.864. The summed E-state index contributed by atoms with van der Waals surface area (Å²) in [6, 6.07) is 3.15. The topological polar surface area (TPSA) is 95.5 Å². The van der Waals surface area contributed by atoms with E-state index in [4.69, 9.17) is 11.6 Å². The van der Waals surface area contributed by atoms with E-state index in [-0.39, 0.29) is 34.5 Å². The molecule has 1 N–H and O–H groups in total. The molecule has 0 fully saturated rings. The van der Waals surface area contributed by atoms with Crippen LogP contribution in [-0.2, 0) is 27.1 Å². The molecule has 0 spiro atoms. The lowest BCUT2D eigenvalue weighted by molar-refractivity contribution is 0.368. The summed E-state index contributed by atoms with van der Waals surface area (Å²) in [5.74, 6) is -10.5. The number of nitrogens with zero attached hydrogens (tertiary/aromatic N) is 7. The highest BCUT2D eigenvalue weighted by molar-refractivity contribution is 6.34. The number of aryl methyl sites for hydroxylation is 2. The predicted molar refractivity (Wildman–Crippen MR) is 127 cm³/mol. The smallest absolute Gasteiger partial charge is 0.278 e. The summed E-state index contributed by atoms with van der Waals surface area (Å²) >= 11 is 6.36. The molecule has 0 amide bonds. The van der Waals surface area contributed by atoms with Gasteiger partial charge in [0.25, 0.3) is 5.56 Å². The average molecular weight is 551 g/mol. The Morgan fingerprint density at radius 2 is 1.61 bits per heavy atom. The summed E-state index contributed by atoms with van der Waals surface area (Å²) in [6.07, 6.45) is 4.19. The average Bonchev–Trinajstić information content (AvgIpc) is 3.45. The van der Waals surface area contributed by atoms with Crippen molar-refractivity contribution in [3.63, 3.8) is 0 Å². The number of benzene rings is 2. The van der Waals surface area contributed by atoms with Crippen LogP contribution in [0.3, 0.4) is 0 Å². The summed E-state index contributed by atoms with van der Waals surface area (Å²) < 4.78 is 74.4. The fraction of sp³-hybridized carbons (Fsp3) is 0.174. The largest absolute Gasteiger partial charge is 0.324 e. The molecule has 3 aromatic heterocycles. The first-order valence-electron chi connectivity index (χ1n) is 10.9. The highest BCUT2D eigenvalue weighted by atomic mass is 35.5. The molecule has 0 bridgehead atoms. The van der Waals surface area contributed by atoms with Crippen molar-refractivity contribution in [2.45, 2.75) is 13.0 Å². The van der Waals surface area contributed by atoms with E-state index in [0.717, 1.165) is 4.57 Å². The Hall–Kier alpha value is -4.33. The van der Waals surface area contributed by atoms with Crippen LogP contribution in [0.1, 0.15) is 17.0 Å². The number of aromatic nitrogens is 7. The Morgan fingerprint density at radius 3 is 2.26 bits per heavy atom. The number of fused-ring (bicyclic) bond motifs is 1. The fourth-order valence-electron chi connectivity index (χ4n) is 3.86. The van der Waals surface area contributed by atoms with Crippen molar-refractivity contribution in [3.05, 3.63) is 92.3 Å². The van der Waals surface area contributed by atoms with Crippen LogP contribution in [0.5, 0.6) is 0 Å². The Balaban J connectivity index is 1.63. The van der Waals surface area contributed by atoms with Gasteiger partial charge in [-0.05, 0) is 12.1 Å². The lowest BCUT2D eigenvalue weighted by Crippen LogP contribution is -2.22. The molecule has 2 aromatic carbocycles. The second-order valence-corrected chi connectivity index (χ2v) is 8.81. The van der Waals surface area contributed by atoms with Crippen LogP contribution in [0.2, 0.25) is 5.02 Å². The van der Waals surface area contributed by atoms with Crippen molar-refractivity contribution >= 4 is 34.1 Å². The van der Waals surface area contributed by atoms with E-state index in [2.05, 4.69) is 25.5 Å². The van der Waals surface area contributed by atoms with Crippen LogP contribution in [0.4, 0.5) is 33.6 Å². The third kappa shape index (κ3) is 4.58. The number of hydrogen-bond acceptors (Lipinski definition) is 6. The zero-order valence-corrected chi connectivity index (χ0v) is 20.4. The van der Waals surface area contributed by atoms with E-state index in [1.165, 1.54) is 17.2 Å². The molecule has 0 aliphatic rings. The highest BCUT2D eigenvalue weighted by Crippen LogP contribution is 2.30. The third-order valence-electron chi connectivity index (χ3n) is 5.64. The van der Waals surface area contributed by atoms with Crippen molar-refractivity contribution in [2.75, 3.05) is 5.32 Å². The van der Waals surface area contributed by atoms with Crippen LogP contribution in [-0.4, -0.2) is 34.1 Å². The van der Waals surface area contributed by atoms with Gasteiger partial charge in [-0.3, -0.25) is 14.2 Å². The van der Waals surface area contributed by atoms with Gasteiger partial charge in [-0.15, -0.1) is 0 Å². The molecule has 38 heavy (non-hydrogen) atoms. The van der Waals surface area contributed by atoms with E-state index >= 15 is 0 Å². The number of hydrogen-bond donors (Lipinski definition) is 1. The zero-order chi connectivity index (χ0) is 27.3. The minimum absolute atomic E-state index is 0.0134. The lowest BCUT2D eigenvalue weighted by Gasteiger charge is -2.17. The number of anilines is 2. The number of rotatable bonds is 6. The maximum atomic E-state index is 14.5. The van der Waals surface area contributed by atoms with Gasteiger partial charge < -0.3 is 9.88 Å². The van der Waals surface area contributed by atoms with Crippen molar-refractivity contribution in [2.24, 2.45) is 14.1 Å². The van der Waals surface area contributed by atoms with E-state index < -0.39 is 46.8 Å². The minimum Gasteiger partial charge on any atom is -0.324 e. The Morgan fingerprint density at radius 1 is 0.921 bits per heavy atom. The molecule has 0 aliphatic heterocycles. The monoisotopic (exact) mass is 550 g/mol. The molecule has 0 saturated heterocycles. The molecule has 0 aliphatic carbocycles. The first-order valence-corrected chi connectivity index (χ1v) is 11.2. The summed E-state index contributed by atoms with van der Waals surface area (Å²) in [4.78, 5) is 20.8. The normalized spacial score (nSPS) is 11.5. The van der Waals surface area contributed by atoms with Gasteiger partial charge in [-0.25, -0.2) is 26.9 Å². The van der Waals surface area contributed by atoms with Gasteiger partial charge in [0.1, 0.15) is 6.33 Å². The Kier molecular flexibility index (Phi) is 6.34. The van der Waals surface area contributed by atoms with Crippen LogP contribution in [0, 0.1) is 29.1 Å². The molecule has 3 heterocycles. The predicted octanol–water partition coefficient (Wildman–Crippen LogP) is 3.99. The van der Waals surface area contributed by atoms with Gasteiger partial charge in [0.15, 0.2) is 29.1 Å². The van der Waals surface area contributed by atoms with Gasteiger partial charge in [0.05, 0.1) is 22.8 Å². The first kappa shape index (κ1) is 25.3. The maximum Gasteiger partial charge on any atom is 0.278 e. The molecule has 0 unspecified atom stereocenters. The maximum absolute atomic E-state index is 14.5. The fourth-order valence-corrected chi connectivity index (χ4v) is 4.06.